The topological polar surface area (TPSA) is 45.8 Å². The predicted octanol–water partition coefficient (Wildman–Crippen LogP) is 1.33. The number of rotatable bonds is 2. The Morgan fingerprint density at radius 1 is 1.67 bits per heavy atom. The van der Waals surface area contributed by atoms with Crippen molar-refractivity contribution in [3.8, 4) is 0 Å². The molecule has 1 aromatic rings. The van der Waals surface area contributed by atoms with Crippen LogP contribution in [0.3, 0.4) is 0 Å². The molecule has 0 saturated heterocycles. The van der Waals surface area contributed by atoms with Crippen molar-refractivity contribution < 1.29 is 0 Å². The molecule has 3 nitrogen and oxygen atoms in total. The van der Waals surface area contributed by atoms with Crippen LogP contribution in [0.4, 0.5) is 0 Å². The quantitative estimate of drug-likeness (QED) is 0.828. The number of aromatic amines is 1. The summed E-state index contributed by atoms with van der Waals surface area (Å²) in [6, 6.07) is 0. The van der Waals surface area contributed by atoms with Gasteiger partial charge in [-0.05, 0) is 41.4 Å². The van der Waals surface area contributed by atoms with Crippen LogP contribution in [0.15, 0.2) is 11.0 Å². The largest absolute Gasteiger partial charge is 0.310 e. The molecular weight excluding hydrogens is 267 g/mol. The lowest BCUT2D eigenvalue weighted by molar-refractivity contribution is 0.761. The van der Waals surface area contributed by atoms with Crippen molar-refractivity contribution in [2.45, 2.75) is 19.3 Å². The molecule has 0 unspecified atom stereocenters. The molecule has 12 heavy (non-hydrogen) atoms. The van der Waals surface area contributed by atoms with Gasteiger partial charge in [0.05, 0.1) is 3.57 Å². The molecule has 0 spiro atoms. The van der Waals surface area contributed by atoms with Crippen molar-refractivity contribution >= 4 is 22.6 Å². The van der Waals surface area contributed by atoms with Crippen molar-refractivity contribution in [2.75, 3.05) is 0 Å². The van der Waals surface area contributed by atoms with E-state index in [0.717, 1.165) is 18.2 Å². The summed E-state index contributed by atoms with van der Waals surface area (Å²) in [6.45, 7) is 0. The Morgan fingerprint density at radius 2 is 2.42 bits per heavy atom. The maximum absolute atomic E-state index is 11.1. The van der Waals surface area contributed by atoms with Gasteiger partial charge in [-0.1, -0.05) is 0 Å². The molecule has 0 atom stereocenters. The Labute approximate surface area is 83.7 Å². The molecule has 64 valence electrons. The molecule has 4 heteroatoms. The molecule has 0 radical (unpaired) electrons. The summed E-state index contributed by atoms with van der Waals surface area (Å²) < 4.78 is 0.659. The minimum atomic E-state index is -0.0127. The average molecular weight is 276 g/mol. The van der Waals surface area contributed by atoms with E-state index in [1.54, 1.807) is 6.20 Å². The Bertz CT molecular complexity index is 343. The van der Waals surface area contributed by atoms with Crippen molar-refractivity contribution in [3.63, 3.8) is 0 Å². The van der Waals surface area contributed by atoms with Crippen molar-refractivity contribution in [1.29, 1.82) is 0 Å². The Hall–Kier alpha value is -0.390. The second-order valence-electron chi connectivity index (χ2n) is 3.15. The first-order valence-corrected chi connectivity index (χ1v) is 5.07. The van der Waals surface area contributed by atoms with Gasteiger partial charge >= 0.3 is 0 Å². The maximum Gasteiger partial charge on any atom is 0.264 e. The van der Waals surface area contributed by atoms with E-state index >= 15 is 0 Å². The van der Waals surface area contributed by atoms with Gasteiger partial charge in [0.15, 0.2) is 0 Å². The third-order valence-corrected chi connectivity index (χ3v) is 2.76. The Balaban J connectivity index is 2.21. The summed E-state index contributed by atoms with van der Waals surface area (Å²) in [7, 11) is 0. The monoisotopic (exact) mass is 276 g/mol. The van der Waals surface area contributed by atoms with E-state index in [1.807, 2.05) is 22.6 Å². The van der Waals surface area contributed by atoms with Gasteiger partial charge in [-0.3, -0.25) is 4.79 Å². The van der Waals surface area contributed by atoms with Crippen LogP contribution in [0, 0.1) is 9.49 Å². The summed E-state index contributed by atoms with van der Waals surface area (Å²) >= 11 is 1.98. The highest BCUT2D eigenvalue weighted by Gasteiger charge is 2.22. The molecule has 1 N–H and O–H groups in total. The second-order valence-corrected chi connectivity index (χ2v) is 4.32. The lowest BCUT2D eigenvalue weighted by atomic mass is 10.3. The van der Waals surface area contributed by atoms with Crippen LogP contribution in [-0.2, 0) is 6.42 Å². The molecule has 1 fully saturated rings. The average Bonchev–Trinajstić information content (AvgIpc) is 2.81. The van der Waals surface area contributed by atoms with Crippen molar-refractivity contribution in [3.05, 3.63) is 25.9 Å². The van der Waals surface area contributed by atoms with Crippen LogP contribution in [0.5, 0.6) is 0 Å². The van der Waals surface area contributed by atoms with E-state index in [1.165, 1.54) is 12.8 Å². The van der Waals surface area contributed by atoms with Crippen LogP contribution < -0.4 is 5.56 Å². The van der Waals surface area contributed by atoms with Gasteiger partial charge in [-0.25, -0.2) is 4.98 Å². The van der Waals surface area contributed by atoms with E-state index in [4.69, 9.17) is 0 Å². The molecule has 1 aliphatic rings. The number of hydrogen-bond donors (Lipinski definition) is 1. The minimum Gasteiger partial charge on any atom is -0.310 e. The van der Waals surface area contributed by atoms with Gasteiger partial charge in [-0.15, -0.1) is 0 Å². The van der Waals surface area contributed by atoms with Gasteiger partial charge in [-0.2, -0.15) is 0 Å². The standard InChI is InChI=1S/C8H9IN2O/c9-6-4-10-7(11-8(6)12)3-5-1-2-5/h4-5H,1-3H2,(H,10,11,12). The first-order valence-electron chi connectivity index (χ1n) is 3.99. The van der Waals surface area contributed by atoms with Crippen molar-refractivity contribution in [1.82, 2.24) is 9.97 Å². The zero-order valence-corrected chi connectivity index (χ0v) is 8.67. The molecule has 2 rings (SSSR count). The second kappa shape index (κ2) is 3.16. The van der Waals surface area contributed by atoms with E-state index in [-0.39, 0.29) is 5.56 Å². The smallest absolute Gasteiger partial charge is 0.264 e. The molecule has 1 saturated carbocycles. The summed E-state index contributed by atoms with van der Waals surface area (Å²) in [5.74, 6) is 1.61. The molecule has 0 bridgehead atoms. The van der Waals surface area contributed by atoms with E-state index in [2.05, 4.69) is 9.97 Å². The highest BCUT2D eigenvalue weighted by molar-refractivity contribution is 14.1. The summed E-state index contributed by atoms with van der Waals surface area (Å²) in [6.07, 6.45) is 5.15. The zero-order valence-electron chi connectivity index (χ0n) is 6.51. The normalized spacial score (nSPS) is 16.4. The summed E-state index contributed by atoms with van der Waals surface area (Å²) in [5, 5.41) is 0. The van der Waals surface area contributed by atoms with E-state index < -0.39 is 0 Å². The van der Waals surface area contributed by atoms with Gasteiger partial charge in [0, 0.05) is 12.6 Å². The van der Waals surface area contributed by atoms with Gasteiger partial charge in [0.2, 0.25) is 0 Å². The first kappa shape index (κ1) is 8.22. The number of nitrogens with one attached hydrogen (secondary N) is 1. The number of nitrogens with zero attached hydrogens (tertiary/aromatic N) is 1. The number of H-pyrrole nitrogens is 1. The highest BCUT2D eigenvalue weighted by Crippen LogP contribution is 2.31. The molecule has 1 aromatic heterocycles. The van der Waals surface area contributed by atoms with Crippen LogP contribution in [0.2, 0.25) is 0 Å². The summed E-state index contributed by atoms with van der Waals surface area (Å²) in [4.78, 5) is 18.1. The highest BCUT2D eigenvalue weighted by atomic mass is 127. The Morgan fingerprint density at radius 3 is 3.00 bits per heavy atom. The van der Waals surface area contributed by atoms with Crippen LogP contribution >= 0.6 is 22.6 Å². The molecule has 0 aliphatic heterocycles. The molecule has 0 aromatic carbocycles. The molecule has 1 aliphatic carbocycles. The predicted molar refractivity (Wildman–Crippen MR) is 54.0 cm³/mol. The fourth-order valence-corrected chi connectivity index (χ4v) is 1.39. The fraction of sp³-hybridized carbons (Fsp3) is 0.500. The van der Waals surface area contributed by atoms with Gasteiger partial charge in [0.25, 0.3) is 5.56 Å². The number of halogens is 1. The van der Waals surface area contributed by atoms with Crippen molar-refractivity contribution in [2.24, 2.45) is 5.92 Å². The number of aromatic nitrogens is 2. The SMILES string of the molecule is O=c1[nH]c(CC2CC2)ncc1I. The Kier molecular flexibility index (Phi) is 2.16. The summed E-state index contributed by atoms with van der Waals surface area (Å²) in [5.41, 5.74) is -0.0127. The van der Waals surface area contributed by atoms with E-state index in [0.29, 0.717) is 3.57 Å². The van der Waals surface area contributed by atoms with Crippen LogP contribution in [0.25, 0.3) is 0 Å². The van der Waals surface area contributed by atoms with Crippen LogP contribution in [0.1, 0.15) is 18.7 Å². The third kappa shape index (κ3) is 1.85. The van der Waals surface area contributed by atoms with E-state index in [9.17, 15) is 4.79 Å². The van der Waals surface area contributed by atoms with Gasteiger partial charge in [0.1, 0.15) is 5.82 Å². The maximum atomic E-state index is 11.1. The van der Waals surface area contributed by atoms with Crippen LogP contribution in [-0.4, -0.2) is 9.97 Å². The number of hydrogen-bond acceptors (Lipinski definition) is 2. The molecule has 1 heterocycles. The third-order valence-electron chi connectivity index (χ3n) is 1.99. The van der Waals surface area contributed by atoms with Gasteiger partial charge < -0.3 is 4.98 Å². The minimum absolute atomic E-state index is 0.0127. The lowest BCUT2D eigenvalue weighted by Gasteiger charge is -1.97. The first-order chi connectivity index (χ1) is 5.75. The fourth-order valence-electron chi connectivity index (χ4n) is 1.12. The zero-order chi connectivity index (χ0) is 8.55. The lowest BCUT2D eigenvalue weighted by Crippen LogP contribution is -2.13. The molecule has 0 amide bonds. The molecular formula is C8H9IN2O.